The largest absolute Gasteiger partial charge is 0.496 e. The molecule has 0 unspecified atom stereocenters. The van der Waals surface area contributed by atoms with Gasteiger partial charge in [0.05, 0.1) is 29.0 Å². The Labute approximate surface area is 200 Å². The van der Waals surface area contributed by atoms with Crippen LogP contribution in [0.25, 0.3) is 0 Å². The van der Waals surface area contributed by atoms with Crippen molar-refractivity contribution in [3.63, 3.8) is 0 Å². The Hall–Kier alpha value is -3.16. The smallest absolute Gasteiger partial charge is 0.266 e. The predicted molar refractivity (Wildman–Crippen MR) is 129 cm³/mol. The van der Waals surface area contributed by atoms with Gasteiger partial charge in [0.15, 0.2) is 6.10 Å². The summed E-state index contributed by atoms with van der Waals surface area (Å²) in [5.74, 6) is -0.592. The molecule has 0 radical (unpaired) electrons. The van der Waals surface area contributed by atoms with Crippen LogP contribution >= 0.6 is 15.9 Å². The number of hydrogen-bond donors (Lipinski definition) is 0. The maximum absolute atomic E-state index is 13.7. The van der Waals surface area contributed by atoms with Crippen LogP contribution in [0.3, 0.4) is 0 Å². The lowest BCUT2D eigenvalue weighted by atomic mass is 9.90. The fraction of sp³-hybridized carbons (Fsp3) is 0.231. The van der Waals surface area contributed by atoms with E-state index < -0.39 is 18.1 Å². The third-order valence-electron chi connectivity index (χ3n) is 6.25. The number of methoxy groups -OCH3 is 1. The van der Waals surface area contributed by atoms with Crippen molar-refractivity contribution in [3.05, 3.63) is 88.4 Å². The van der Waals surface area contributed by atoms with Crippen LogP contribution in [-0.2, 0) is 20.8 Å². The molecule has 3 aromatic carbocycles. The molecule has 6 nitrogen and oxygen atoms in total. The lowest BCUT2D eigenvalue weighted by Crippen LogP contribution is -2.37. The molecule has 0 spiro atoms. The topological polar surface area (TPSA) is 59.1 Å². The number of halogens is 1. The van der Waals surface area contributed by atoms with Gasteiger partial charge in [-0.15, -0.1) is 0 Å². The third-order valence-corrected chi connectivity index (χ3v) is 6.87. The normalized spacial score (nSPS) is 22.1. The van der Waals surface area contributed by atoms with Gasteiger partial charge < -0.3 is 4.74 Å². The average Bonchev–Trinajstić information content (AvgIpc) is 3.35. The summed E-state index contributed by atoms with van der Waals surface area (Å²) in [6, 6.07) is 22.3. The first-order valence-corrected chi connectivity index (χ1v) is 11.6. The summed E-state index contributed by atoms with van der Waals surface area (Å²) in [6.45, 7) is 2.06. The van der Waals surface area contributed by atoms with E-state index in [0.29, 0.717) is 11.4 Å². The van der Waals surface area contributed by atoms with E-state index in [1.165, 1.54) is 4.90 Å². The molecule has 2 heterocycles. The highest BCUT2D eigenvalue weighted by atomic mass is 79.9. The number of amides is 2. The molecule has 0 aliphatic carbocycles. The highest BCUT2D eigenvalue weighted by molar-refractivity contribution is 9.10. The molecule has 2 saturated heterocycles. The standard InChI is InChI=1S/C26H23BrN2O4/c1-3-16-9-12-18(13-10-16)28-25(30)22-23(17-11-14-21(32-2)20(27)15-17)29(33-24(22)26(28)31)19-7-5-4-6-8-19/h4-15,22-24H,3H2,1-2H3/t22-,23+,24-/m0/s1. The van der Waals surface area contributed by atoms with E-state index in [1.807, 2.05) is 72.8 Å². The number of anilines is 2. The molecule has 3 atom stereocenters. The number of para-hydroxylation sites is 1. The Balaban J connectivity index is 1.57. The highest BCUT2D eigenvalue weighted by Crippen LogP contribution is 2.48. The van der Waals surface area contributed by atoms with Crippen LogP contribution in [-0.4, -0.2) is 25.0 Å². The van der Waals surface area contributed by atoms with Gasteiger partial charge in [-0.25, -0.2) is 9.96 Å². The Morgan fingerprint density at radius 1 is 0.939 bits per heavy atom. The number of aryl methyl sites for hydroxylation is 1. The highest BCUT2D eigenvalue weighted by Gasteiger charge is 2.60. The number of hydroxylamine groups is 1. The Kier molecular flexibility index (Phi) is 5.68. The van der Waals surface area contributed by atoms with Crippen molar-refractivity contribution in [1.29, 1.82) is 0 Å². The van der Waals surface area contributed by atoms with Gasteiger partial charge in [-0.05, 0) is 69.9 Å². The number of benzene rings is 3. The van der Waals surface area contributed by atoms with E-state index in [0.717, 1.165) is 27.7 Å². The van der Waals surface area contributed by atoms with E-state index in [1.54, 1.807) is 12.2 Å². The third kappa shape index (κ3) is 3.61. The molecular formula is C26H23BrN2O4. The summed E-state index contributed by atoms with van der Waals surface area (Å²) in [7, 11) is 1.60. The molecule has 33 heavy (non-hydrogen) atoms. The summed E-state index contributed by atoms with van der Waals surface area (Å²) in [5.41, 5.74) is 3.35. The van der Waals surface area contributed by atoms with Gasteiger partial charge in [0.25, 0.3) is 5.91 Å². The van der Waals surface area contributed by atoms with Crippen molar-refractivity contribution in [2.75, 3.05) is 17.1 Å². The van der Waals surface area contributed by atoms with Crippen molar-refractivity contribution in [2.24, 2.45) is 5.92 Å². The van der Waals surface area contributed by atoms with Crippen LogP contribution < -0.4 is 14.7 Å². The number of carbonyl (C=O) groups excluding carboxylic acids is 2. The van der Waals surface area contributed by atoms with Crippen molar-refractivity contribution in [1.82, 2.24) is 0 Å². The Morgan fingerprint density at radius 3 is 2.30 bits per heavy atom. The summed E-state index contributed by atoms with van der Waals surface area (Å²) >= 11 is 3.55. The van der Waals surface area contributed by atoms with Gasteiger partial charge in [-0.2, -0.15) is 0 Å². The molecule has 0 N–H and O–H groups in total. The second-order valence-electron chi connectivity index (χ2n) is 8.08. The van der Waals surface area contributed by atoms with Crippen molar-refractivity contribution < 1.29 is 19.2 Å². The second kappa shape index (κ2) is 8.65. The van der Waals surface area contributed by atoms with E-state index in [2.05, 4.69) is 22.9 Å². The molecule has 0 saturated carbocycles. The Morgan fingerprint density at radius 2 is 1.67 bits per heavy atom. The minimum absolute atomic E-state index is 0.260. The maximum Gasteiger partial charge on any atom is 0.266 e. The zero-order chi connectivity index (χ0) is 23.1. The van der Waals surface area contributed by atoms with Gasteiger partial charge in [0.1, 0.15) is 11.7 Å². The van der Waals surface area contributed by atoms with Crippen molar-refractivity contribution in [2.45, 2.75) is 25.5 Å². The number of ether oxygens (including phenoxy) is 1. The minimum Gasteiger partial charge on any atom is -0.496 e. The lowest BCUT2D eigenvalue weighted by molar-refractivity contribution is -0.126. The second-order valence-corrected chi connectivity index (χ2v) is 8.94. The Bertz CT molecular complexity index is 1200. The molecule has 2 aliphatic heterocycles. The number of carbonyl (C=O) groups is 2. The molecule has 7 heteroatoms. The molecule has 0 bridgehead atoms. The van der Waals surface area contributed by atoms with Crippen LogP contribution in [0.15, 0.2) is 77.3 Å². The van der Waals surface area contributed by atoms with E-state index >= 15 is 0 Å². The molecule has 0 aromatic heterocycles. The zero-order valence-electron chi connectivity index (χ0n) is 18.3. The summed E-state index contributed by atoms with van der Waals surface area (Å²) in [6.07, 6.45) is -0.00814. The van der Waals surface area contributed by atoms with Gasteiger partial charge in [-0.1, -0.05) is 43.3 Å². The zero-order valence-corrected chi connectivity index (χ0v) is 19.9. The summed E-state index contributed by atoms with van der Waals surface area (Å²) < 4.78 is 6.14. The molecule has 3 aromatic rings. The molecular weight excluding hydrogens is 484 g/mol. The average molecular weight is 507 g/mol. The summed E-state index contributed by atoms with van der Waals surface area (Å²) in [5, 5.41) is 1.69. The number of hydrogen-bond acceptors (Lipinski definition) is 5. The number of nitrogens with zero attached hydrogens (tertiary/aromatic N) is 2. The SMILES string of the molecule is CCc1ccc(N2C(=O)[C@@H]3[C@H](ON(c4ccccc4)[C@@H]3c3ccc(OC)c(Br)c3)C2=O)cc1. The number of imide groups is 1. The molecule has 168 valence electrons. The van der Waals surface area contributed by atoms with Crippen molar-refractivity contribution >= 4 is 39.1 Å². The first-order valence-electron chi connectivity index (χ1n) is 10.8. The van der Waals surface area contributed by atoms with E-state index in [4.69, 9.17) is 9.57 Å². The van der Waals surface area contributed by atoms with Gasteiger partial charge in [0, 0.05) is 0 Å². The minimum atomic E-state index is -0.894. The van der Waals surface area contributed by atoms with Crippen LogP contribution in [0.1, 0.15) is 24.1 Å². The quantitative estimate of drug-likeness (QED) is 0.452. The number of fused-ring (bicyclic) bond motifs is 1. The first-order chi connectivity index (χ1) is 16.0. The van der Waals surface area contributed by atoms with Crippen LogP contribution in [0.2, 0.25) is 0 Å². The first kappa shape index (κ1) is 21.7. The molecule has 2 aliphatic rings. The predicted octanol–water partition coefficient (Wildman–Crippen LogP) is 5.07. The monoisotopic (exact) mass is 506 g/mol. The summed E-state index contributed by atoms with van der Waals surface area (Å²) in [4.78, 5) is 34.5. The van der Waals surface area contributed by atoms with Crippen LogP contribution in [0, 0.1) is 5.92 Å². The van der Waals surface area contributed by atoms with E-state index in [-0.39, 0.29) is 11.8 Å². The van der Waals surface area contributed by atoms with Gasteiger partial charge in [-0.3, -0.25) is 14.4 Å². The maximum atomic E-state index is 13.7. The molecule has 2 fully saturated rings. The van der Waals surface area contributed by atoms with Gasteiger partial charge in [0.2, 0.25) is 5.91 Å². The fourth-order valence-electron chi connectivity index (χ4n) is 4.55. The van der Waals surface area contributed by atoms with Crippen LogP contribution in [0.5, 0.6) is 5.75 Å². The van der Waals surface area contributed by atoms with E-state index in [9.17, 15) is 9.59 Å². The molecule has 2 amide bonds. The number of rotatable bonds is 5. The van der Waals surface area contributed by atoms with Gasteiger partial charge >= 0.3 is 0 Å². The van der Waals surface area contributed by atoms with Crippen LogP contribution in [0.4, 0.5) is 11.4 Å². The fourth-order valence-corrected chi connectivity index (χ4v) is 5.11. The lowest BCUT2D eigenvalue weighted by Gasteiger charge is -2.29. The molecule has 5 rings (SSSR count). The van der Waals surface area contributed by atoms with Crippen molar-refractivity contribution in [3.8, 4) is 5.75 Å².